The summed E-state index contributed by atoms with van der Waals surface area (Å²) in [6, 6.07) is 17.7. The lowest BCUT2D eigenvalue weighted by Gasteiger charge is -2.34. The van der Waals surface area contributed by atoms with Gasteiger partial charge in [0.25, 0.3) is 14.7 Å². The molecule has 0 fully saturated rings. The molecule has 2 rings (SSSR count). The molecule has 0 aliphatic heterocycles. The largest absolute Gasteiger partial charge is 0.383 e. The molecule has 0 bridgehead atoms. The molecule has 2 unspecified atom stereocenters. The average Bonchev–Trinajstić information content (AvgIpc) is 2.73. The number of rotatable bonds is 12. The minimum absolute atomic E-state index is 0.118. The SMILES string of the molecule is CCOP(=O)(c1ccccc1)[C@H](CC(C)C)OP(=O)(c1ccccc1)[C@@H](O)CC(C)C. The van der Waals surface area contributed by atoms with Crippen LogP contribution in [0.15, 0.2) is 60.7 Å². The molecular formula is C24H36O5P2. The maximum atomic E-state index is 14.3. The first kappa shape index (κ1) is 26.0. The predicted octanol–water partition coefficient (Wildman–Crippen LogP) is 5.98. The maximum Gasteiger partial charge on any atom is 0.260 e. The Morgan fingerprint density at radius 1 is 0.774 bits per heavy atom. The topological polar surface area (TPSA) is 72.8 Å². The fourth-order valence-corrected chi connectivity index (χ4v) is 9.05. The van der Waals surface area contributed by atoms with Crippen LogP contribution in [0.1, 0.15) is 47.5 Å². The Morgan fingerprint density at radius 2 is 1.23 bits per heavy atom. The van der Waals surface area contributed by atoms with Gasteiger partial charge in [0, 0.05) is 10.6 Å². The molecule has 172 valence electrons. The van der Waals surface area contributed by atoms with Gasteiger partial charge in [0.1, 0.15) is 11.7 Å². The van der Waals surface area contributed by atoms with Crippen LogP contribution in [0, 0.1) is 11.8 Å². The van der Waals surface area contributed by atoms with Crippen molar-refractivity contribution < 1.29 is 23.3 Å². The van der Waals surface area contributed by atoms with Crippen molar-refractivity contribution in [1.82, 2.24) is 0 Å². The quantitative estimate of drug-likeness (QED) is 0.390. The minimum Gasteiger partial charge on any atom is -0.383 e. The summed E-state index contributed by atoms with van der Waals surface area (Å²) in [5, 5.41) is 12.0. The summed E-state index contributed by atoms with van der Waals surface area (Å²) in [5.74, 6) is -1.90. The number of aliphatic hydroxyl groups is 1. The lowest BCUT2D eigenvalue weighted by Crippen LogP contribution is -2.29. The van der Waals surface area contributed by atoms with E-state index in [0.717, 1.165) is 0 Å². The van der Waals surface area contributed by atoms with Crippen molar-refractivity contribution in [3.05, 3.63) is 60.7 Å². The molecule has 1 N–H and O–H groups in total. The summed E-state index contributed by atoms with van der Waals surface area (Å²) < 4.78 is 40.7. The van der Waals surface area contributed by atoms with Gasteiger partial charge >= 0.3 is 0 Å². The Bertz CT molecular complexity index is 883. The Kier molecular flexibility index (Phi) is 9.73. The molecule has 4 atom stereocenters. The summed E-state index contributed by atoms with van der Waals surface area (Å²) in [4.78, 5) is 0. The summed E-state index contributed by atoms with van der Waals surface area (Å²) in [6.07, 6.45) is 0.697. The standard InChI is InChI=1S/C24H36O5P2/c1-6-28-31(27,22-15-11-8-12-16-22)24(18-20(4)5)29-30(26,23(25)17-19(2)3)21-13-9-7-10-14-21/h7-16,19-20,23-25H,6,17-18H2,1-5H3/t23-,24-,30?,31?/m1/s1. The molecular weight excluding hydrogens is 430 g/mol. The third kappa shape index (κ3) is 6.63. The van der Waals surface area contributed by atoms with Gasteiger partial charge in [0.05, 0.1) is 6.61 Å². The van der Waals surface area contributed by atoms with Crippen molar-refractivity contribution in [3.63, 3.8) is 0 Å². The number of hydrogen-bond acceptors (Lipinski definition) is 5. The van der Waals surface area contributed by atoms with Crippen molar-refractivity contribution >= 4 is 25.3 Å². The van der Waals surface area contributed by atoms with E-state index in [1.807, 2.05) is 39.8 Å². The van der Waals surface area contributed by atoms with E-state index >= 15 is 0 Å². The van der Waals surface area contributed by atoms with Gasteiger partial charge < -0.3 is 14.2 Å². The third-order valence-corrected chi connectivity index (χ3v) is 10.4. The predicted molar refractivity (Wildman–Crippen MR) is 129 cm³/mol. The molecule has 2 aromatic carbocycles. The van der Waals surface area contributed by atoms with Gasteiger partial charge in [-0.1, -0.05) is 64.1 Å². The van der Waals surface area contributed by atoms with Crippen LogP contribution in [-0.4, -0.2) is 23.4 Å². The third-order valence-electron chi connectivity index (χ3n) is 4.96. The number of aliphatic hydroxyl groups excluding tert-OH is 1. The van der Waals surface area contributed by atoms with Crippen LogP contribution in [0.4, 0.5) is 0 Å². The summed E-state index contributed by atoms with van der Waals surface area (Å²) >= 11 is 0. The van der Waals surface area contributed by atoms with E-state index in [0.29, 0.717) is 23.5 Å². The molecule has 0 heterocycles. The van der Waals surface area contributed by atoms with Crippen molar-refractivity contribution in [2.24, 2.45) is 11.8 Å². The van der Waals surface area contributed by atoms with Crippen molar-refractivity contribution in [3.8, 4) is 0 Å². The van der Waals surface area contributed by atoms with Crippen molar-refractivity contribution in [2.45, 2.75) is 59.2 Å². The highest BCUT2D eigenvalue weighted by Gasteiger charge is 2.45. The Labute approximate surface area is 187 Å². The molecule has 7 heteroatoms. The summed E-state index contributed by atoms with van der Waals surface area (Å²) in [6.45, 7) is 9.92. The van der Waals surface area contributed by atoms with E-state index in [9.17, 15) is 14.2 Å². The summed E-state index contributed by atoms with van der Waals surface area (Å²) in [5.41, 5.74) is 0. The van der Waals surface area contributed by atoms with Crippen molar-refractivity contribution in [2.75, 3.05) is 6.61 Å². The van der Waals surface area contributed by atoms with Gasteiger partial charge in [0.15, 0.2) is 0 Å². The summed E-state index contributed by atoms with van der Waals surface area (Å²) in [7, 11) is -7.30. The molecule has 0 spiro atoms. The molecule has 0 aromatic heterocycles. The van der Waals surface area contributed by atoms with E-state index in [1.165, 1.54) is 0 Å². The first-order valence-electron chi connectivity index (χ1n) is 10.9. The monoisotopic (exact) mass is 466 g/mol. The highest BCUT2D eigenvalue weighted by molar-refractivity contribution is 7.70. The zero-order chi connectivity index (χ0) is 23.1. The highest BCUT2D eigenvalue weighted by Crippen LogP contribution is 2.62. The van der Waals surface area contributed by atoms with Gasteiger partial charge in [0.2, 0.25) is 0 Å². The van der Waals surface area contributed by atoms with Gasteiger partial charge in [-0.3, -0.25) is 9.13 Å². The van der Waals surface area contributed by atoms with Crippen LogP contribution in [0.5, 0.6) is 0 Å². The fourth-order valence-electron chi connectivity index (χ4n) is 3.48. The lowest BCUT2D eigenvalue weighted by molar-refractivity contribution is 0.166. The second kappa shape index (κ2) is 11.6. The fraction of sp³-hybridized carbons (Fsp3) is 0.500. The van der Waals surface area contributed by atoms with Crippen LogP contribution < -0.4 is 10.6 Å². The molecule has 0 aliphatic rings. The van der Waals surface area contributed by atoms with E-state index in [4.69, 9.17) is 9.05 Å². The molecule has 31 heavy (non-hydrogen) atoms. The zero-order valence-corrected chi connectivity index (χ0v) is 21.0. The molecule has 0 radical (unpaired) electrons. The molecule has 0 aliphatic carbocycles. The van der Waals surface area contributed by atoms with Gasteiger partial charge in [-0.05, 0) is 55.9 Å². The first-order valence-corrected chi connectivity index (χ1v) is 14.3. The smallest absolute Gasteiger partial charge is 0.260 e. The van der Waals surface area contributed by atoms with Crippen LogP contribution in [0.25, 0.3) is 0 Å². The zero-order valence-electron chi connectivity index (χ0n) is 19.2. The van der Waals surface area contributed by atoms with Crippen LogP contribution in [0.3, 0.4) is 0 Å². The Balaban J connectivity index is 2.59. The molecule has 0 amide bonds. The van der Waals surface area contributed by atoms with E-state index < -0.39 is 26.4 Å². The second-order valence-electron chi connectivity index (χ2n) is 8.58. The van der Waals surface area contributed by atoms with Gasteiger partial charge in [-0.25, -0.2) is 0 Å². The second-order valence-corrected chi connectivity index (χ2v) is 13.6. The van der Waals surface area contributed by atoms with Gasteiger partial charge in [-0.2, -0.15) is 0 Å². The van der Waals surface area contributed by atoms with E-state index in [2.05, 4.69) is 0 Å². The normalized spacial score (nSPS) is 17.8. The van der Waals surface area contributed by atoms with Crippen molar-refractivity contribution in [1.29, 1.82) is 0 Å². The van der Waals surface area contributed by atoms with Crippen LogP contribution in [-0.2, 0) is 18.2 Å². The van der Waals surface area contributed by atoms with Crippen LogP contribution >= 0.6 is 14.7 Å². The number of benzene rings is 2. The van der Waals surface area contributed by atoms with Crippen LogP contribution in [0.2, 0.25) is 0 Å². The molecule has 5 nitrogen and oxygen atoms in total. The first-order chi connectivity index (χ1) is 14.6. The molecule has 0 saturated heterocycles. The maximum absolute atomic E-state index is 14.3. The van der Waals surface area contributed by atoms with E-state index in [-0.39, 0.29) is 18.4 Å². The Morgan fingerprint density at radius 3 is 1.65 bits per heavy atom. The van der Waals surface area contributed by atoms with E-state index in [1.54, 1.807) is 55.5 Å². The number of hydrogen-bond donors (Lipinski definition) is 1. The Hall–Kier alpha value is -1.22. The molecule has 2 aromatic rings. The average molecular weight is 466 g/mol. The lowest BCUT2D eigenvalue weighted by atomic mass is 10.1. The molecule has 0 saturated carbocycles. The highest BCUT2D eigenvalue weighted by atomic mass is 31.2. The van der Waals surface area contributed by atoms with Gasteiger partial charge in [-0.15, -0.1) is 0 Å². The minimum atomic E-state index is -3.77.